The van der Waals surface area contributed by atoms with Crippen molar-refractivity contribution in [2.45, 2.75) is 58.7 Å². The Balaban J connectivity index is 1.54. The fourth-order valence-electron chi connectivity index (χ4n) is 5.56. The van der Waals surface area contributed by atoms with Crippen LogP contribution in [0.15, 0.2) is 105 Å². The smallest absolute Gasteiger partial charge is 0.343 e. The molecule has 0 saturated heterocycles. The Hall–Kier alpha value is -6.51. The Kier molecular flexibility index (Phi) is 22.0. The van der Waals surface area contributed by atoms with Gasteiger partial charge in [0.15, 0.2) is 12.2 Å². The van der Waals surface area contributed by atoms with Crippen LogP contribution in [0.25, 0.3) is 11.1 Å². The molecule has 14 nitrogen and oxygen atoms in total. The predicted octanol–water partition coefficient (Wildman–Crippen LogP) is 7.50. The SMILES string of the molecule is C=CC(=O)OCCCCOCC(COc1ccc(C(=O)Oc2ccc(-c3ccc(OCC(COCCCCOC(=O)C=C)OC(=O)C=C)c(C)c3)cc2C)cc1C)OC(=O)C=C. The van der Waals surface area contributed by atoms with Crippen LogP contribution in [0.4, 0.5) is 0 Å². The van der Waals surface area contributed by atoms with Gasteiger partial charge in [0, 0.05) is 37.5 Å². The highest BCUT2D eigenvalue weighted by Gasteiger charge is 2.19. The number of ether oxygens (including phenoxy) is 9. The molecule has 3 aromatic rings. The second kappa shape index (κ2) is 27.4. The Morgan fingerprint density at radius 3 is 1.32 bits per heavy atom. The van der Waals surface area contributed by atoms with E-state index in [1.165, 1.54) is 0 Å². The molecule has 2 atom stereocenters. The van der Waals surface area contributed by atoms with Crippen molar-refractivity contribution in [3.63, 3.8) is 0 Å². The standard InChI is InChI=1S/C48H56O14/c1-8-44(49)56-24-14-12-22-54-29-39(60-46(51)10-3)31-58-41-19-16-36(26-33(41)5)37-17-21-43(35(7)27-37)62-48(53)38-18-20-42(34(6)28-38)59-32-40(61-47(52)11-4)30-55-23-13-15-25-57-45(50)9-2/h8-11,16-21,26-28,39-40H,1-4,12-15,22-25,29-32H2,5-7H3. The van der Waals surface area contributed by atoms with Crippen LogP contribution in [0.2, 0.25) is 0 Å². The monoisotopic (exact) mass is 856 g/mol. The molecule has 0 amide bonds. The van der Waals surface area contributed by atoms with Gasteiger partial charge in [0.1, 0.15) is 30.5 Å². The molecule has 0 spiro atoms. The van der Waals surface area contributed by atoms with Crippen LogP contribution in [0.3, 0.4) is 0 Å². The summed E-state index contributed by atoms with van der Waals surface area (Å²) in [6.07, 6.45) is 5.41. The van der Waals surface area contributed by atoms with E-state index in [2.05, 4.69) is 26.3 Å². The minimum Gasteiger partial charge on any atom is -0.489 e. The lowest BCUT2D eigenvalue weighted by atomic mass is 10.0. The van der Waals surface area contributed by atoms with Gasteiger partial charge in [0.2, 0.25) is 0 Å². The van der Waals surface area contributed by atoms with Gasteiger partial charge < -0.3 is 42.6 Å². The van der Waals surface area contributed by atoms with Gasteiger partial charge in [-0.1, -0.05) is 38.4 Å². The van der Waals surface area contributed by atoms with E-state index in [9.17, 15) is 24.0 Å². The molecular weight excluding hydrogens is 801 g/mol. The topological polar surface area (TPSA) is 168 Å². The molecule has 0 saturated carbocycles. The number of carbonyl (C=O) groups is 5. The van der Waals surface area contributed by atoms with E-state index in [1.54, 1.807) is 31.2 Å². The molecule has 14 heteroatoms. The molecule has 0 aliphatic rings. The van der Waals surface area contributed by atoms with Gasteiger partial charge in [0.05, 0.1) is 32.0 Å². The summed E-state index contributed by atoms with van der Waals surface area (Å²) in [4.78, 5) is 59.4. The summed E-state index contributed by atoms with van der Waals surface area (Å²) in [5.74, 6) is -1.24. The number of benzene rings is 3. The first-order chi connectivity index (χ1) is 29.9. The largest absolute Gasteiger partial charge is 0.489 e. The Bertz CT molecular complexity index is 2020. The number of aryl methyl sites for hydroxylation is 3. The fraction of sp³-hybridized carbons (Fsp3) is 0.354. The predicted molar refractivity (Wildman–Crippen MR) is 231 cm³/mol. The van der Waals surface area contributed by atoms with Crippen molar-refractivity contribution in [2.24, 2.45) is 0 Å². The molecular formula is C48H56O14. The van der Waals surface area contributed by atoms with Crippen LogP contribution in [-0.4, -0.2) is 94.9 Å². The van der Waals surface area contributed by atoms with Crippen molar-refractivity contribution < 1.29 is 66.6 Å². The molecule has 0 heterocycles. The summed E-state index contributed by atoms with van der Waals surface area (Å²) in [5, 5.41) is 0. The van der Waals surface area contributed by atoms with Gasteiger partial charge in [-0.05, 0) is 117 Å². The maximum Gasteiger partial charge on any atom is 0.343 e. The lowest BCUT2D eigenvalue weighted by Gasteiger charge is -2.19. The highest BCUT2D eigenvalue weighted by molar-refractivity contribution is 5.92. The summed E-state index contributed by atoms with van der Waals surface area (Å²) in [5.41, 5.74) is 4.38. The lowest BCUT2D eigenvalue weighted by Crippen LogP contribution is -2.29. The average Bonchev–Trinajstić information content (AvgIpc) is 3.27. The maximum atomic E-state index is 13.2. The van der Waals surface area contributed by atoms with E-state index < -0.39 is 42.1 Å². The zero-order chi connectivity index (χ0) is 45.3. The van der Waals surface area contributed by atoms with Crippen molar-refractivity contribution in [3.05, 3.63) is 127 Å². The Labute approximate surface area is 363 Å². The molecule has 0 N–H and O–H groups in total. The molecule has 62 heavy (non-hydrogen) atoms. The minimum atomic E-state index is -0.727. The number of esters is 5. The van der Waals surface area contributed by atoms with Gasteiger partial charge >= 0.3 is 29.8 Å². The van der Waals surface area contributed by atoms with Crippen LogP contribution in [0.1, 0.15) is 52.7 Å². The highest BCUT2D eigenvalue weighted by atomic mass is 16.6. The lowest BCUT2D eigenvalue weighted by molar-refractivity contribution is -0.148. The Morgan fingerprint density at radius 2 is 0.903 bits per heavy atom. The third kappa shape index (κ3) is 18.0. The number of hydrogen-bond donors (Lipinski definition) is 0. The molecule has 0 radical (unpaired) electrons. The first-order valence-corrected chi connectivity index (χ1v) is 20.1. The van der Waals surface area contributed by atoms with Crippen LogP contribution in [0, 0.1) is 20.8 Å². The molecule has 3 aromatic carbocycles. The van der Waals surface area contributed by atoms with Crippen molar-refractivity contribution in [2.75, 3.05) is 52.9 Å². The van der Waals surface area contributed by atoms with Crippen LogP contribution >= 0.6 is 0 Å². The molecule has 0 aliphatic heterocycles. The first kappa shape index (κ1) is 49.8. The van der Waals surface area contributed by atoms with Crippen LogP contribution < -0.4 is 14.2 Å². The quantitative estimate of drug-likeness (QED) is 0.0221. The van der Waals surface area contributed by atoms with E-state index in [4.69, 9.17) is 42.6 Å². The van der Waals surface area contributed by atoms with Gasteiger partial charge in [-0.15, -0.1) is 0 Å². The molecule has 3 rings (SSSR count). The summed E-state index contributed by atoms with van der Waals surface area (Å²) in [6, 6.07) is 16.1. The molecule has 0 aliphatic carbocycles. The summed E-state index contributed by atoms with van der Waals surface area (Å²) < 4.78 is 49.8. The van der Waals surface area contributed by atoms with Gasteiger partial charge in [0.25, 0.3) is 0 Å². The number of hydrogen-bond acceptors (Lipinski definition) is 14. The minimum absolute atomic E-state index is 0.00757. The zero-order valence-electron chi connectivity index (χ0n) is 35.7. The highest BCUT2D eigenvalue weighted by Crippen LogP contribution is 2.31. The Morgan fingerprint density at radius 1 is 0.500 bits per heavy atom. The van der Waals surface area contributed by atoms with E-state index in [0.29, 0.717) is 67.3 Å². The van der Waals surface area contributed by atoms with Crippen molar-refractivity contribution >= 4 is 29.8 Å². The summed E-state index contributed by atoms with van der Waals surface area (Å²) >= 11 is 0. The van der Waals surface area contributed by atoms with E-state index in [0.717, 1.165) is 46.6 Å². The van der Waals surface area contributed by atoms with Gasteiger partial charge in [-0.25, -0.2) is 24.0 Å². The number of carbonyl (C=O) groups excluding carboxylic acids is 5. The maximum absolute atomic E-state index is 13.2. The van der Waals surface area contributed by atoms with Crippen LogP contribution in [0.5, 0.6) is 17.2 Å². The molecule has 332 valence electrons. The third-order valence-corrected chi connectivity index (χ3v) is 8.84. The molecule has 0 bridgehead atoms. The zero-order valence-corrected chi connectivity index (χ0v) is 35.7. The van der Waals surface area contributed by atoms with Crippen molar-refractivity contribution in [1.82, 2.24) is 0 Å². The average molecular weight is 857 g/mol. The molecule has 0 fully saturated rings. The van der Waals surface area contributed by atoms with Crippen LogP contribution in [-0.2, 0) is 47.6 Å². The number of unbranched alkanes of at least 4 members (excludes halogenated alkanes) is 2. The van der Waals surface area contributed by atoms with Gasteiger partial charge in [-0.3, -0.25) is 0 Å². The van der Waals surface area contributed by atoms with Gasteiger partial charge in [-0.2, -0.15) is 0 Å². The second-order valence-electron chi connectivity index (χ2n) is 13.8. The summed E-state index contributed by atoms with van der Waals surface area (Å²) in [7, 11) is 0. The normalized spacial score (nSPS) is 11.5. The third-order valence-electron chi connectivity index (χ3n) is 8.84. The van der Waals surface area contributed by atoms with Crippen molar-refractivity contribution in [3.8, 4) is 28.4 Å². The van der Waals surface area contributed by atoms with E-state index in [1.807, 2.05) is 44.2 Å². The molecule has 2 unspecified atom stereocenters. The van der Waals surface area contributed by atoms with E-state index in [-0.39, 0.29) is 39.6 Å². The van der Waals surface area contributed by atoms with Crippen molar-refractivity contribution in [1.29, 1.82) is 0 Å². The fourth-order valence-corrected chi connectivity index (χ4v) is 5.56. The van der Waals surface area contributed by atoms with E-state index >= 15 is 0 Å². The summed E-state index contributed by atoms with van der Waals surface area (Å²) in [6.45, 7) is 20.6. The second-order valence-corrected chi connectivity index (χ2v) is 13.8. The molecule has 0 aromatic heterocycles. The number of rotatable bonds is 29. The first-order valence-electron chi connectivity index (χ1n) is 20.1.